The third kappa shape index (κ3) is 4.08. The molecule has 0 fully saturated rings. The van der Waals surface area contributed by atoms with Crippen molar-refractivity contribution in [1.29, 1.82) is 0 Å². The molecule has 0 aliphatic carbocycles. The molecule has 5 nitrogen and oxygen atoms in total. The van der Waals surface area contributed by atoms with Crippen LogP contribution in [-0.2, 0) is 0 Å². The van der Waals surface area contributed by atoms with Gasteiger partial charge in [-0.2, -0.15) is 16.3 Å². The smallest absolute Gasteiger partial charge is 0.230 e. The summed E-state index contributed by atoms with van der Waals surface area (Å²) < 4.78 is 26.5. The highest BCUT2D eigenvalue weighted by molar-refractivity contribution is 7.08. The number of nitrogens with zero attached hydrogens (tertiary/aromatic N) is 3. The van der Waals surface area contributed by atoms with Crippen LogP contribution in [0.5, 0.6) is 0 Å². The van der Waals surface area contributed by atoms with Crippen LogP contribution in [0.4, 0.5) is 32.1 Å². The van der Waals surface area contributed by atoms with E-state index in [1.165, 1.54) is 12.3 Å². The molecule has 9 heteroatoms. The van der Waals surface area contributed by atoms with Crippen molar-refractivity contribution in [3.63, 3.8) is 0 Å². The fraction of sp³-hybridized carbons (Fsp3) is 0. The van der Waals surface area contributed by atoms with Crippen molar-refractivity contribution in [2.75, 3.05) is 10.6 Å². The number of benzene rings is 1. The molecule has 0 saturated carbocycles. The number of anilines is 4. The van der Waals surface area contributed by atoms with Gasteiger partial charge in [0.25, 0.3) is 0 Å². The van der Waals surface area contributed by atoms with Crippen LogP contribution in [0.1, 0.15) is 0 Å². The van der Waals surface area contributed by atoms with Crippen LogP contribution in [0.15, 0.2) is 59.6 Å². The number of halogens is 3. The van der Waals surface area contributed by atoms with Crippen LogP contribution < -0.4 is 10.6 Å². The summed E-state index contributed by atoms with van der Waals surface area (Å²) in [6.07, 6.45) is 3.15. The standard InChI is InChI=1S/C19H12ClF2N5S/c20-14-9-24-19(27-18(14)25-13-2-3-15(21)16(22)7-13)26-17-4-1-11(8-23-17)12-5-6-28-10-12/h1-10H,(H2,23,24,25,26,27). The van der Waals surface area contributed by atoms with Gasteiger partial charge in [0.05, 0.1) is 6.20 Å². The molecule has 4 rings (SSSR count). The summed E-state index contributed by atoms with van der Waals surface area (Å²) in [7, 11) is 0. The third-order valence-electron chi connectivity index (χ3n) is 3.78. The highest BCUT2D eigenvalue weighted by Gasteiger charge is 2.09. The highest BCUT2D eigenvalue weighted by Crippen LogP contribution is 2.26. The minimum Gasteiger partial charge on any atom is -0.339 e. The minimum absolute atomic E-state index is 0.232. The Hall–Kier alpha value is -3.10. The zero-order chi connectivity index (χ0) is 19.5. The molecule has 0 aliphatic rings. The lowest BCUT2D eigenvalue weighted by Gasteiger charge is -2.10. The summed E-state index contributed by atoms with van der Waals surface area (Å²) >= 11 is 7.72. The number of hydrogen-bond acceptors (Lipinski definition) is 6. The average molecular weight is 416 g/mol. The Labute approximate surface area is 168 Å². The first-order valence-electron chi connectivity index (χ1n) is 8.09. The number of hydrogen-bond donors (Lipinski definition) is 2. The molecule has 0 bridgehead atoms. The molecule has 0 saturated heterocycles. The van der Waals surface area contributed by atoms with Gasteiger partial charge < -0.3 is 10.6 Å². The summed E-state index contributed by atoms with van der Waals surface area (Å²) in [4.78, 5) is 12.7. The molecular formula is C19H12ClF2N5S. The highest BCUT2D eigenvalue weighted by atomic mass is 35.5. The molecule has 2 N–H and O–H groups in total. The van der Waals surface area contributed by atoms with Crippen molar-refractivity contribution in [2.45, 2.75) is 0 Å². The van der Waals surface area contributed by atoms with Crippen molar-refractivity contribution in [1.82, 2.24) is 15.0 Å². The predicted octanol–water partition coefficient (Wildman–Crippen LogP) is 6.02. The summed E-state index contributed by atoms with van der Waals surface area (Å²) in [5.41, 5.74) is 2.41. The Kier molecular flexibility index (Phi) is 5.14. The van der Waals surface area contributed by atoms with Gasteiger partial charge in [0.2, 0.25) is 5.95 Å². The molecule has 0 atom stereocenters. The monoisotopic (exact) mass is 415 g/mol. The van der Waals surface area contributed by atoms with Gasteiger partial charge in [0.15, 0.2) is 17.5 Å². The van der Waals surface area contributed by atoms with Gasteiger partial charge in [-0.1, -0.05) is 11.6 Å². The van der Waals surface area contributed by atoms with E-state index in [1.807, 2.05) is 29.0 Å². The lowest BCUT2D eigenvalue weighted by molar-refractivity contribution is 0.509. The Morgan fingerprint density at radius 1 is 0.893 bits per heavy atom. The number of aromatic nitrogens is 3. The Bertz CT molecular complexity index is 1100. The van der Waals surface area contributed by atoms with Crippen molar-refractivity contribution >= 4 is 46.2 Å². The Morgan fingerprint density at radius 3 is 2.50 bits per heavy atom. The molecule has 140 valence electrons. The molecule has 0 aliphatic heterocycles. The van der Waals surface area contributed by atoms with Crippen LogP contribution >= 0.6 is 22.9 Å². The minimum atomic E-state index is -0.969. The van der Waals surface area contributed by atoms with E-state index in [0.29, 0.717) is 11.5 Å². The van der Waals surface area contributed by atoms with Crippen LogP contribution in [0.25, 0.3) is 11.1 Å². The second-order valence-electron chi connectivity index (χ2n) is 5.71. The molecule has 0 unspecified atom stereocenters. The zero-order valence-corrected chi connectivity index (χ0v) is 15.7. The number of nitrogens with one attached hydrogen (secondary N) is 2. The summed E-state index contributed by atoms with van der Waals surface area (Å²) in [6.45, 7) is 0. The van der Waals surface area contributed by atoms with Gasteiger partial charge in [0.1, 0.15) is 10.8 Å². The number of rotatable bonds is 5. The normalized spacial score (nSPS) is 10.7. The fourth-order valence-electron chi connectivity index (χ4n) is 2.41. The van der Waals surface area contributed by atoms with Gasteiger partial charge in [-0.3, -0.25) is 0 Å². The topological polar surface area (TPSA) is 62.7 Å². The van der Waals surface area contributed by atoms with Crippen LogP contribution in [0.2, 0.25) is 5.02 Å². The number of thiophene rings is 1. The summed E-state index contributed by atoms with van der Waals surface area (Å²) in [5, 5.41) is 10.1. The Morgan fingerprint density at radius 2 is 1.79 bits per heavy atom. The van der Waals surface area contributed by atoms with Gasteiger partial charge in [-0.15, -0.1) is 0 Å². The molecule has 0 spiro atoms. The van der Waals surface area contributed by atoms with E-state index in [4.69, 9.17) is 11.6 Å². The molecule has 0 amide bonds. The lowest BCUT2D eigenvalue weighted by Crippen LogP contribution is -2.02. The largest absolute Gasteiger partial charge is 0.339 e. The molecular weight excluding hydrogens is 404 g/mol. The lowest BCUT2D eigenvalue weighted by atomic mass is 10.1. The second kappa shape index (κ2) is 7.87. The summed E-state index contributed by atoms with van der Waals surface area (Å²) in [5.74, 6) is -0.840. The van der Waals surface area contributed by atoms with E-state index in [-0.39, 0.29) is 16.8 Å². The zero-order valence-electron chi connectivity index (χ0n) is 14.2. The van der Waals surface area contributed by atoms with E-state index in [9.17, 15) is 8.78 Å². The first-order chi connectivity index (χ1) is 13.6. The van der Waals surface area contributed by atoms with Gasteiger partial charge in [-0.25, -0.2) is 18.7 Å². The van der Waals surface area contributed by atoms with E-state index in [2.05, 4.69) is 25.6 Å². The maximum Gasteiger partial charge on any atom is 0.230 e. The van der Waals surface area contributed by atoms with Crippen LogP contribution in [-0.4, -0.2) is 15.0 Å². The van der Waals surface area contributed by atoms with Crippen molar-refractivity contribution < 1.29 is 8.78 Å². The van der Waals surface area contributed by atoms with Gasteiger partial charge >= 0.3 is 0 Å². The average Bonchev–Trinajstić information content (AvgIpc) is 3.23. The third-order valence-corrected chi connectivity index (χ3v) is 4.74. The van der Waals surface area contributed by atoms with E-state index in [1.54, 1.807) is 17.5 Å². The van der Waals surface area contributed by atoms with Crippen molar-refractivity contribution in [3.8, 4) is 11.1 Å². The van der Waals surface area contributed by atoms with Crippen LogP contribution in [0, 0.1) is 11.6 Å². The maximum atomic E-state index is 13.4. The van der Waals surface area contributed by atoms with E-state index >= 15 is 0 Å². The van der Waals surface area contributed by atoms with Gasteiger partial charge in [-0.05, 0) is 46.7 Å². The molecule has 3 heterocycles. The Balaban J connectivity index is 1.52. The molecule has 0 radical (unpaired) electrons. The SMILES string of the molecule is Fc1ccc(Nc2nc(Nc3ccc(-c4ccsc4)cn3)ncc2Cl)cc1F. The first kappa shape index (κ1) is 18.3. The fourth-order valence-corrected chi connectivity index (χ4v) is 3.21. The molecule has 1 aromatic carbocycles. The number of pyridine rings is 1. The van der Waals surface area contributed by atoms with E-state index < -0.39 is 11.6 Å². The molecule has 3 aromatic heterocycles. The van der Waals surface area contributed by atoms with E-state index in [0.717, 1.165) is 23.3 Å². The quantitative estimate of drug-likeness (QED) is 0.417. The van der Waals surface area contributed by atoms with Crippen molar-refractivity contribution in [3.05, 3.63) is 76.2 Å². The summed E-state index contributed by atoms with van der Waals surface area (Å²) in [6, 6.07) is 9.19. The first-order valence-corrected chi connectivity index (χ1v) is 9.41. The van der Waals surface area contributed by atoms with Crippen LogP contribution in [0.3, 0.4) is 0 Å². The molecule has 28 heavy (non-hydrogen) atoms. The van der Waals surface area contributed by atoms with Crippen molar-refractivity contribution in [2.24, 2.45) is 0 Å². The maximum absolute atomic E-state index is 13.4. The predicted molar refractivity (Wildman–Crippen MR) is 108 cm³/mol. The van der Waals surface area contributed by atoms with Gasteiger partial charge in [0, 0.05) is 23.5 Å². The molecule has 4 aromatic rings. The second-order valence-corrected chi connectivity index (χ2v) is 6.90.